The first-order valence-corrected chi connectivity index (χ1v) is 6.13. The van der Waals surface area contributed by atoms with Crippen molar-refractivity contribution in [2.24, 2.45) is 0 Å². The van der Waals surface area contributed by atoms with E-state index in [1.54, 1.807) is 12.1 Å². The lowest BCUT2D eigenvalue weighted by molar-refractivity contribution is -0.116. The zero-order chi connectivity index (χ0) is 13.2. The zero-order valence-electron chi connectivity index (χ0n) is 10.6. The van der Waals surface area contributed by atoms with E-state index in [0.29, 0.717) is 12.1 Å². The summed E-state index contributed by atoms with van der Waals surface area (Å²) in [6.07, 6.45) is 0.650. The standard InChI is InChI=1S/C15H13FN2O.ClH/c16-11-5-3-6-12(9-11)17-15(19)14-8-10-4-1-2-7-13(10)18-14;/h1-7,9,14,18H,8H2,(H,17,19);1H. The first-order chi connectivity index (χ1) is 9.22. The second-order valence-electron chi connectivity index (χ2n) is 4.56. The van der Waals surface area contributed by atoms with Crippen molar-refractivity contribution in [1.82, 2.24) is 0 Å². The molecule has 1 unspecified atom stereocenters. The average molecular weight is 293 g/mol. The number of halogens is 2. The maximum absolute atomic E-state index is 13.0. The Hall–Kier alpha value is -2.07. The van der Waals surface area contributed by atoms with Crippen LogP contribution >= 0.6 is 12.4 Å². The molecule has 2 aromatic rings. The van der Waals surface area contributed by atoms with Crippen LogP contribution in [-0.2, 0) is 11.2 Å². The monoisotopic (exact) mass is 292 g/mol. The summed E-state index contributed by atoms with van der Waals surface area (Å²) in [5.74, 6) is -0.512. The number of carbonyl (C=O) groups is 1. The lowest BCUT2D eigenvalue weighted by atomic mass is 10.1. The molecule has 104 valence electrons. The van der Waals surface area contributed by atoms with E-state index < -0.39 is 0 Å². The molecular weight excluding hydrogens is 279 g/mol. The predicted molar refractivity (Wildman–Crippen MR) is 79.8 cm³/mol. The molecule has 3 nitrogen and oxygen atoms in total. The van der Waals surface area contributed by atoms with Crippen LogP contribution in [0.2, 0.25) is 0 Å². The number of para-hydroxylation sites is 1. The highest BCUT2D eigenvalue weighted by atomic mass is 35.5. The number of anilines is 2. The number of rotatable bonds is 2. The third-order valence-electron chi connectivity index (χ3n) is 3.18. The Kier molecular flexibility index (Phi) is 4.25. The van der Waals surface area contributed by atoms with Crippen LogP contribution in [0.4, 0.5) is 15.8 Å². The summed E-state index contributed by atoms with van der Waals surface area (Å²) in [6, 6.07) is 13.4. The van der Waals surface area contributed by atoms with Crippen LogP contribution in [0, 0.1) is 5.82 Å². The van der Waals surface area contributed by atoms with Crippen molar-refractivity contribution < 1.29 is 9.18 Å². The Balaban J connectivity index is 0.00000147. The van der Waals surface area contributed by atoms with Crippen molar-refractivity contribution >= 4 is 29.7 Å². The van der Waals surface area contributed by atoms with Crippen molar-refractivity contribution in [3.63, 3.8) is 0 Å². The van der Waals surface area contributed by atoms with E-state index in [0.717, 1.165) is 11.3 Å². The first-order valence-electron chi connectivity index (χ1n) is 6.13. The molecule has 0 saturated carbocycles. The van der Waals surface area contributed by atoms with Crippen molar-refractivity contribution in [2.45, 2.75) is 12.5 Å². The molecule has 0 fully saturated rings. The Morgan fingerprint density at radius 3 is 2.75 bits per heavy atom. The molecule has 0 spiro atoms. The van der Waals surface area contributed by atoms with Gasteiger partial charge < -0.3 is 10.6 Å². The van der Waals surface area contributed by atoms with Gasteiger partial charge in [-0.05, 0) is 29.8 Å². The highest BCUT2D eigenvalue weighted by molar-refractivity contribution is 5.98. The lowest BCUT2D eigenvalue weighted by Crippen LogP contribution is -2.32. The van der Waals surface area contributed by atoms with Gasteiger partial charge in [0.2, 0.25) is 5.91 Å². The number of benzene rings is 2. The van der Waals surface area contributed by atoms with Gasteiger partial charge >= 0.3 is 0 Å². The number of nitrogens with one attached hydrogen (secondary N) is 2. The van der Waals surface area contributed by atoms with Gasteiger partial charge in [-0.2, -0.15) is 0 Å². The van der Waals surface area contributed by atoms with E-state index in [-0.39, 0.29) is 30.2 Å². The first kappa shape index (κ1) is 14.3. The molecule has 1 atom stereocenters. The van der Waals surface area contributed by atoms with Crippen LogP contribution in [0.3, 0.4) is 0 Å². The van der Waals surface area contributed by atoms with Gasteiger partial charge in [-0.3, -0.25) is 4.79 Å². The van der Waals surface area contributed by atoms with Gasteiger partial charge in [0.05, 0.1) is 0 Å². The molecule has 5 heteroatoms. The van der Waals surface area contributed by atoms with Gasteiger partial charge in [0.15, 0.2) is 0 Å². The molecule has 2 aromatic carbocycles. The van der Waals surface area contributed by atoms with Crippen LogP contribution in [0.5, 0.6) is 0 Å². The second-order valence-corrected chi connectivity index (χ2v) is 4.56. The molecule has 0 saturated heterocycles. The molecule has 1 heterocycles. The van der Waals surface area contributed by atoms with Crippen molar-refractivity contribution in [1.29, 1.82) is 0 Å². The molecule has 2 N–H and O–H groups in total. The Morgan fingerprint density at radius 1 is 1.20 bits per heavy atom. The fourth-order valence-electron chi connectivity index (χ4n) is 2.25. The van der Waals surface area contributed by atoms with Gasteiger partial charge in [-0.25, -0.2) is 4.39 Å². The molecule has 0 aliphatic carbocycles. The van der Waals surface area contributed by atoms with Crippen molar-refractivity contribution in [3.8, 4) is 0 Å². The molecule has 0 bridgehead atoms. The minimum absolute atomic E-state index is 0. The Labute approximate surface area is 122 Å². The van der Waals surface area contributed by atoms with Gasteiger partial charge in [0.1, 0.15) is 11.9 Å². The summed E-state index contributed by atoms with van der Waals surface area (Å²) in [5.41, 5.74) is 2.59. The van der Waals surface area contributed by atoms with E-state index >= 15 is 0 Å². The van der Waals surface area contributed by atoms with Crippen molar-refractivity contribution in [3.05, 3.63) is 59.9 Å². The minimum Gasteiger partial charge on any atom is -0.373 e. The predicted octanol–water partition coefficient (Wildman–Crippen LogP) is 3.22. The number of amides is 1. The fraction of sp³-hybridized carbons (Fsp3) is 0.133. The van der Waals surface area contributed by atoms with Crippen LogP contribution in [0.25, 0.3) is 0 Å². The molecule has 1 aliphatic heterocycles. The van der Waals surface area contributed by atoms with Crippen LogP contribution in [0.1, 0.15) is 5.56 Å². The van der Waals surface area contributed by atoms with Gasteiger partial charge in [-0.15, -0.1) is 12.4 Å². The average Bonchev–Trinajstić information content (AvgIpc) is 2.82. The zero-order valence-corrected chi connectivity index (χ0v) is 11.4. The molecule has 1 amide bonds. The second kappa shape index (κ2) is 5.92. The largest absolute Gasteiger partial charge is 0.373 e. The molecule has 3 rings (SSSR count). The minimum atomic E-state index is -0.361. The fourth-order valence-corrected chi connectivity index (χ4v) is 2.25. The highest BCUT2D eigenvalue weighted by Crippen LogP contribution is 2.25. The van der Waals surface area contributed by atoms with Crippen LogP contribution in [0.15, 0.2) is 48.5 Å². The SMILES string of the molecule is Cl.O=C(Nc1cccc(F)c1)C1Cc2ccccc2N1. The van der Waals surface area contributed by atoms with Crippen LogP contribution in [-0.4, -0.2) is 11.9 Å². The lowest BCUT2D eigenvalue weighted by Gasteiger charge is -2.11. The van der Waals surface area contributed by atoms with Gasteiger partial charge in [0.25, 0.3) is 0 Å². The summed E-state index contributed by atoms with van der Waals surface area (Å²) < 4.78 is 13.0. The van der Waals surface area contributed by atoms with Crippen LogP contribution < -0.4 is 10.6 Å². The van der Waals surface area contributed by atoms with E-state index in [1.807, 2.05) is 24.3 Å². The summed E-state index contributed by atoms with van der Waals surface area (Å²) in [4.78, 5) is 12.1. The third kappa shape index (κ3) is 2.91. The molecule has 0 radical (unpaired) electrons. The summed E-state index contributed by atoms with van der Waals surface area (Å²) in [5, 5.41) is 5.88. The van der Waals surface area contributed by atoms with E-state index in [1.165, 1.54) is 12.1 Å². The Bertz CT molecular complexity index is 608. The molecular formula is C15H14ClFN2O. The number of fused-ring (bicyclic) bond motifs is 1. The normalized spacial score (nSPS) is 15.8. The third-order valence-corrected chi connectivity index (χ3v) is 3.18. The Morgan fingerprint density at radius 2 is 2.00 bits per heavy atom. The molecule has 0 aromatic heterocycles. The highest BCUT2D eigenvalue weighted by Gasteiger charge is 2.26. The quantitative estimate of drug-likeness (QED) is 0.892. The smallest absolute Gasteiger partial charge is 0.247 e. The maximum Gasteiger partial charge on any atom is 0.247 e. The number of carbonyl (C=O) groups excluding carboxylic acids is 1. The molecule has 20 heavy (non-hydrogen) atoms. The molecule has 1 aliphatic rings. The van der Waals surface area contributed by atoms with E-state index in [9.17, 15) is 9.18 Å². The maximum atomic E-state index is 13.0. The van der Waals surface area contributed by atoms with Gasteiger partial charge in [-0.1, -0.05) is 24.3 Å². The summed E-state index contributed by atoms with van der Waals surface area (Å²) >= 11 is 0. The number of hydrogen-bond acceptors (Lipinski definition) is 2. The summed E-state index contributed by atoms with van der Waals surface area (Å²) in [6.45, 7) is 0. The van der Waals surface area contributed by atoms with Crippen molar-refractivity contribution in [2.75, 3.05) is 10.6 Å². The topological polar surface area (TPSA) is 41.1 Å². The van der Waals surface area contributed by atoms with E-state index in [4.69, 9.17) is 0 Å². The van der Waals surface area contributed by atoms with Gasteiger partial charge in [0, 0.05) is 17.8 Å². The van der Waals surface area contributed by atoms with E-state index in [2.05, 4.69) is 10.6 Å². The number of hydrogen-bond donors (Lipinski definition) is 2. The summed E-state index contributed by atoms with van der Waals surface area (Å²) in [7, 11) is 0.